The van der Waals surface area contributed by atoms with Crippen molar-refractivity contribution in [2.45, 2.75) is 46.5 Å². The van der Waals surface area contributed by atoms with Gasteiger partial charge in [0.05, 0.1) is 5.75 Å². The zero-order chi connectivity index (χ0) is 13.3. The minimum Gasteiger partial charge on any atom is -0.337 e. The summed E-state index contributed by atoms with van der Waals surface area (Å²) >= 11 is 0. The molecule has 0 aliphatic heterocycles. The third-order valence-electron chi connectivity index (χ3n) is 2.19. The Morgan fingerprint density at radius 1 is 1.18 bits per heavy atom. The normalized spacial score (nSPS) is 11.5. The third-order valence-corrected chi connectivity index (χ3v) is 3.51. The van der Waals surface area contributed by atoms with Crippen LogP contribution in [0.15, 0.2) is 0 Å². The quantitative estimate of drug-likeness (QED) is 0.657. The van der Waals surface area contributed by atoms with Crippen LogP contribution in [-0.4, -0.2) is 26.7 Å². The lowest BCUT2D eigenvalue weighted by Gasteiger charge is -2.09. The monoisotopic (exact) mass is 264 g/mol. The van der Waals surface area contributed by atoms with Gasteiger partial charge in [0.25, 0.3) is 0 Å². The first kappa shape index (κ1) is 16.2. The Kier molecular flexibility index (Phi) is 7.95. The summed E-state index contributed by atoms with van der Waals surface area (Å²) in [5.41, 5.74) is 0. The minimum atomic E-state index is -3.47. The molecule has 102 valence electrons. The summed E-state index contributed by atoms with van der Waals surface area (Å²) in [6, 6.07) is -0.630. The van der Waals surface area contributed by atoms with E-state index in [1.165, 1.54) is 0 Å². The summed E-state index contributed by atoms with van der Waals surface area (Å²) in [5.74, 6) is 0.315. The Hall–Kier alpha value is -0.780. The van der Waals surface area contributed by atoms with Gasteiger partial charge in [0.15, 0.2) is 0 Å². The average molecular weight is 264 g/mol. The molecule has 5 nitrogen and oxygen atoms in total. The molecule has 0 heterocycles. The highest BCUT2D eigenvalue weighted by Gasteiger charge is 2.13. The van der Waals surface area contributed by atoms with E-state index in [4.69, 9.17) is 0 Å². The first-order valence-corrected chi connectivity index (χ1v) is 7.81. The van der Waals surface area contributed by atoms with Gasteiger partial charge in [-0.15, -0.1) is 0 Å². The molecule has 2 amide bonds. The fourth-order valence-electron chi connectivity index (χ4n) is 1.24. The number of carbonyl (C=O) groups is 1. The summed E-state index contributed by atoms with van der Waals surface area (Å²) < 4.78 is 25.0. The minimum absolute atomic E-state index is 0.0160. The number of nitrogens with one attached hydrogen (secondary N) is 2. The summed E-state index contributed by atoms with van der Waals surface area (Å²) in [6.45, 7) is 6.42. The van der Waals surface area contributed by atoms with Crippen LogP contribution in [0.4, 0.5) is 4.79 Å². The molecule has 6 heteroatoms. The summed E-state index contributed by atoms with van der Waals surface area (Å²) in [5, 5.41) is 2.51. The first-order valence-electron chi connectivity index (χ1n) is 6.15. The van der Waals surface area contributed by atoms with Crippen LogP contribution >= 0.6 is 0 Å². The van der Waals surface area contributed by atoms with Gasteiger partial charge < -0.3 is 5.32 Å². The molecule has 0 saturated carbocycles. The van der Waals surface area contributed by atoms with Gasteiger partial charge >= 0.3 is 6.03 Å². The van der Waals surface area contributed by atoms with Crippen molar-refractivity contribution in [2.75, 3.05) is 12.3 Å². The van der Waals surface area contributed by atoms with E-state index in [0.717, 1.165) is 19.3 Å². The van der Waals surface area contributed by atoms with Crippen molar-refractivity contribution in [2.24, 2.45) is 5.92 Å². The van der Waals surface area contributed by atoms with E-state index < -0.39 is 16.1 Å². The molecule has 2 N–H and O–H groups in total. The zero-order valence-electron chi connectivity index (χ0n) is 11.0. The number of amides is 2. The van der Waals surface area contributed by atoms with Crippen LogP contribution in [0.1, 0.15) is 46.5 Å². The van der Waals surface area contributed by atoms with Gasteiger partial charge in [-0.1, -0.05) is 40.0 Å². The lowest BCUT2D eigenvalue weighted by molar-refractivity contribution is 0.244. The van der Waals surface area contributed by atoms with Crippen LogP contribution in [0.2, 0.25) is 0 Å². The molecule has 0 aromatic carbocycles. The highest BCUT2D eigenvalue weighted by atomic mass is 32.2. The van der Waals surface area contributed by atoms with Crippen LogP contribution in [0.5, 0.6) is 0 Å². The van der Waals surface area contributed by atoms with E-state index in [0.29, 0.717) is 18.9 Å². The molecule has 0 fully saturated rings. The summed E-state index contributed by atoms with van der Waals surface area (Å²) in [6.07, 6.45) is 3.56. The Morgan fingerprint density at radius 2 is 1.82 bits per heavy atom. The van der Waals surface area contributed by atoms with Crippen molar-refractivity contribution in [1.29, 1.82) is 0 Å². The molecular weight excluding hydrogens is 240 g/mol. The first-order chi connectivity index (χ1) is 7.87. The standard InChI is InChI=1S/C11H24N2O3S/c1-4-5-6-7-8-17(15,16)13-11(14)12-9-10(2)3/h10H,4-9H2,1-3H3,(H2,12,13,14). The van der Waals surface area contributed by atoms with Crippen molar-refractivity contribution in [3.05, 3.63) is 0 Å². The number of hydrogen-bond donors (Lipinski definition) is 2. The molecule has 0 aromatic heterocycles. The third kappa shape index (κ3) is 10.1. The molecule has 0 atom stereocenters. The second-order valence-corrected chi connectivity index (χ2v) is 6.43. The van der Waals surface area contributed by atoms with Crippen molar-refractivity contribution in [3.63, 3.8) is 0 Å². The Labute approximate surface area is 104 Å². The smallest absolute Gasteiger partial charge is 0.328 e. The molecule has 0 aliphatic carbocycles. The highest BCUT2D eigenvalue weighted by molar-refractivity contribution is 7.90. The van der Waals surface area contributed by atoms with Crippen molar-refractivity contribution >= 4 is 16.1 Å². The second-order valence-electron chi connectivity index (χ2n) is 4.59. The molecule has 0 spiro atoms. The molecule has 0 aromatic rings. The predicted molar refractivity (Wildman–Crippen MR) is 69.3 cm³/mol. The van der Waals surface area contributed by atoms with E-state index in [1.54, 1.807) is 0 Å². The van der Waals surface area contributed by atoms with Crippen LogP contribution < -0.4 is 10.0 Å². The molecule has 0 unspecified atom stereocenters. The van der Waals surface area contributed by atoms with E-state index in [9.17, 15) is 13.2 Å². The van der Waals surface area contributed by atoms with Gasteiger partial charge in [-0.2, -0.15) is 0 Å². The summed E-state index contributed by atoms with van der Waals surface area (Å²) in [7, 11) is -3.47. The maximum Gasteiger partial charge on any atom is 0.328 e. The number of unbranched alkanes of at least 4 members (excludes halogenated alkanes) is 3. The predicted octanol–water partition coefficient (Wildman–Crippen LogP) is 1.85. The molecule has 17 heavy (non-hydrogen) atoms. The van der Waals surface area contributed by atoms with Gasteiger partial charge in [0.2, 0.25) is 10.0 Å². The van der Waals surface area contributed by atoms with Crippen molar-refractivity contribution in [1.82, 2.24) is 10.0 Å². The van der Waals surface area contributed by atoms with Gasteiger partial charge in [0.1, 0.15) is 0 Å². The topological polar surface area (TPSA) is 75.3 Å². The molecule has 0 saturated heterocycles. The van der Waals surface area contributed by atoms with Gasteiger partial charge in [0, 0.05) is 6.54 Å². The fourth-order valence-corrected chi connectivity index (χ4v) is 2.28. The number of carbonyl (C=O) groups excluding carboxylic acids is 1. The maximum atomic E-state index is 11.5. The van der Waals surface area contributed by atoms with E-state index in [1.807, 2.05) is 18.6 Å². The SMILES string of the molecule is CCCCCCS(=O)(=O)NC(=O)NCC(C)C. The second kappa shape index (κ2) is 8.33. The van der Waals surface area contributed by atoms with E-state index in [2.05, 4.69) is 12.2 Å². The van der Waals surface area contributed by atoms with Gasteiger partial charge in [-0.3, -0.25) is 0 Å². The van der Waals surface area contributed by atoms with E-state index in [-0.39, 0.29) is 5.75 Å². The number of rotatable bonds is 8. The molecule has 0 aliphatic rings. The summed E-state index contributed by atoms with van der Waals surface area (Å²) in [4.78, 5) is 11.3. The molecule has 0 bridgehead atoms. The number of urea groups is 1. The van der Waals surface area contributed by atoms with Crippen molar-refractivity contribution < 1.29 is 13.2 Å². The van der Waals surface area contributed by atoms with Crippen LogP contribution in [-0.2, 0) is 10.0 Å². The Bertz CT molecular complexity index is 313. The zero-order valence-corrected chi connectivity index (χ0v) is 11.8. The highest BCUT2D eigenvalue weighted by Crippen LogP contribution is 2.01. The fraction of sp³-hybridized carbons (Fsp3) is 0.909. The molecule has 0 rings (SSSR count). The Balaban J connectivity index is 3.87. The van der Waals surface area contributed by atoms with Gasteiger partial charge in [-0.05, 0) is 12.3 Å². The number of hydrogen-bond acceptors (Lipinski definition) is 3. The number of sulfonamides is 1. The lowest BCUT2D eigenvalue weighted by Crippen LogP contribution is -2.41. The molecule has 0 radical (unpaired) electrons. The van der Waals surface area contributed by atoms with Crippen LogP contribution in [0.3, 0.4) is 0 Å². The maximum absolute atomic E-state index is 11.5. The van der Waals surface area contributed by atoms with Crippen LogP contribution in [0, 0.1) is 5.92 Å². The van der Waals surface area contributed by atoms with Gasteiger partial charge in [-0.25, -0.2) is 17.9 Å². The average Bonchev–Trinajstić information content (AvgIpc) is 2.21. The van der Waals surface area contributed by atoms with E-state index >= 15 is 0 Å². The largest absolute Gasteiger partial charge is 0.337 e. The lowest BCUT2D eigenvalue weighted by atomic mass is 10.2. The van der Waals surface area contributed by atoms with Crippen LogP contribution in [0.25, 0.3) is 0 Å². The molecular formula is C11H24N2O3S. The Morgan fingerprint density at radius 3 is 2.35 bits per heavy atom. The van der Waals surface area contributed by atoms with Crippen molar-refractivity contribution in [3.8, 4) is 0 Å².